The van der Waals surface area contributed by atoms with Gasteiger partial charge in [0.1, 0.15) is 5.82 Å². The van der Waals surface area contributed by atoms with E-state index in [0.29, 0.717) is 5.69 Å². The van der Waals surface area contributed by atoms with E-state index in [9.17, 15) is 14.3 Å². The van der Waals surface area contributed by atoms with E-state index in [0.717, 1.165) is 11.1 Å². The van der Waals surface area contributed by atoms with Crippen molar-refractivity contribution in [3.63, 3.8) is 0 Å². The minimum Gasteiger partial charge on any atom is -0.386 e. The Morgan fingerprint density at radius 1 is 1.18 bits per heavy atom. The molecule has 2 aromatic rings. The standard InChI is InChI=1S/C17H19FN2O2/c1-11-6-5-9-15(12(11)2)20-17(22)19-10-16(21)13-7-3-4-8-14(13)18/h3-9,16,21H,10H2,1-2H3,(H2,19,20,22). The van der Waals surface area contributed by atoms with Gasteiger partial charge in [0.15, 0.2) is 0 Å². The lowest BCUT2D eigenvalue weighted by atomic mass is 10.1. The number of aryl methyl sites for hydroxylation is 1. The summed E-state index contributed by atoms with van der Waals surface area (Å²) >= 11 is 0. The molecule has 0 aliphatic rings. The van der Waals surface area contributed by atoms with Crippen molar-refractivity contribution in [2.75, 3.05) is 11.9 Å². The lowest BCUT2D eigenvalue weighted by Gasteiger charge is -2.15. The van der Waals surface area contributed by atoms with E-state index in [2.05, 4.69) is 10.6 Å². The van der Waals surface area contributed by atoms with Crippen molar-refractivity contribution < 1.29 is 14.3 Å². The van der Waals surface area contributed by atoms with Crippen LogP contribution >= 0.6 is 0 Å². The molecule has 0 aliphatic heterocycles. The van der Waals surface area contributed by atoms with Crippen LogP contribution in [-0.2, 0) is 0 Å². The molecule has 0 aliphatic carbocycles. The molecule has 1 atom stereocenters. The molecule has 2 amide bonds. The number of carbonyl (C=O) groups excluding carboxylic acids is 1. The number of carbonyl (C=O) groups is 1. The predicted octanol–water partition coefficient (Wildman–Crippen LogP) is 3.30. The summed E-state index contributed by atoms with van der Waals surface area (Å²) in [5.74, 6) is -0.494. The number of halogens is 1. The lowest BCUT2D eigenvalue weighted by Crippen LogP contribution is -2.32. The van der Waals surface area contributed by atoms with Gasteiger partial charge in [0.05, 0.1) is 6.10 Å². The van der Waals surface area contributed by atoms with Crippen molar-refractivity contribution >= 4 is 11.7 Å². The number of amides is 2. The SMILES string of the molecule is Cc1cccc(NC(=O)NCC(O)c2ccccc2F)c1C. The average Bonchev–Trinajstić information content (AvgIpc) is 2.50. The number of hydrogen-bond donors (Lipinski definition) is 3. The molecule has 0 bridgehead atoms. The first-order chi connectivity index (χ1) is 10.5. The number of anilines is 1. The van der Waals surface area contributed by atoms with Crippen molar-refractivity contribution in [2.45, 2.75) is 20.0 Å². The topological polar surface area (TPSA) is 61.4 Å². The Hall–Kier alpha value is -2.40. The molecule has 22 heavy (non-hydrogen) atoms. The maximum absolute atomic E-state index is 13.5. The third-order valence-corrected chi connectivity index (χ3v) is 3.57. The summed E-state index contributed by atoms with van der Waals surface area (Å²) in [6.45, 7) is 3.80. The highest BCUT2D eigenvalue weighted by Crippen LogP contribution is 2.18. The van der Waals surface area contributed by atoms with Crippen LogP contribution in [0.4, 0.5) is 14.9 Å². The van der Waals surface area contributed by atoms with Gasteiger partial charge in [-0.25, -0.2) is 9.18 Å². The molecule has 3 N–H and O–H groups in total. The van der Waals surface area contributed by atoms with Gasteiger partial charge in [-0.05, 0) is 37.1 Å². The van der Waals surface area contributed by atoms with Crippen LogP contribution < -0.4 is 10.6 Å². The second-order valence-electron chi connectivity index (χ2n) is 5.12. The third kappa shape index (κ3) is 3.83. The quantitative estimate of drug-likeness (QED) is 0.811. The van der Waals surface area contributed by atoms with Crippen LogP contribution in [0.25, 0.3) is 0 Å². The predicted molar refractivity (Wildman–Crippen MR) is 84.3 cm³/mol. The van der Waals surface area contributed by atoms with Crippen molar-refractivity contribution in [2.24, 2.45) is 0 Å². The van der Waals surface area contributed by atoms with Crippen LogP contribution in [0.2, 0.25) is 0 Å². The summed E-state index contributed by atoms with van der Waals surface area (Å²) < 4.78 is 13.5. The summed E-state index contributed by atoms with van der Waals surface area (Å²) in [6.07, 6.45) is -1.09. The monoisotopic (exact) mass is 302 g/mol. The van der Waals surface area contributed by atoms with E-state index in [-0.39, 0.29) is 12.1 Å². The molecule has 2 rings (SSSR count). The van der Waals surface area contributed by atoms with Crippen molar-refractivity contribution in [1.82, 2.24) is 5.32 Å². The highest BCUT2D eigenvalue weighted by Gasteiger charge is 2.13. The van der Waals surface area contributed by atoms with Gasteiger partial charge in [0.2, 0.25) is 0 Å². The average molecular weight is 302 g/mol. The first-order valence-electron chi connectivity index (χ1n) is 7.02. The molecular weight excluding hydrogens is 283 g/mol. The smallest absolute Gasteiger partial charge is 0.319 e. The van der Waals surface area contributed by atoms with Crippen molar-refractivity contribution in [3.05, 3.63) is 65.0 Å². The Kier molecular flexibility index (Phi) is 5.12. The molecule has 4 nitrogen and oxygen atoms in total. The fraction of sp³-hybridized carbons (Fsp3) is 0.235. The Labute approximate surface area is 129 Å². The maximum Gasteiger partial charge on any atom is 0.319 e. The van der Waals surface area contributed by atoms with Gasteiger partial charge in [-0.15, -0.1) is 0 Å². The Morgan fingerprint density at radius 2 is 1.91 bits per heavy atom. The number of benzene rings is 2. The van der Waals surface area contributed by atoms with Crippen LogP contribution in [0, 0.1) is 19.7 Å². The van der Waals surface area contributed by atoms with Gasteiger partial charge in [-0.2, -0.15) is 0 Å². The van der Waals surface area contributed by atoms with Crippen LogP contribution in [0.1, 0.15) is 22.8 Å². The van der Waals surface area contributed by atoms with Crippen molar-refractivity contribution in [3.8, 4) is 0 Å². The number of aliphatic hydroxyl groups is 1. The molecule has 0 saturated carbocycles. The Morgan fingerprint density at radius 3 is 2.64 bits per heavy atom. The normalized spacial score (nSPS) is 11.8. The first-order valence-corrected chi connectivity index (χ1v) is 7.02. The highest BCUT2D eigenvalue weighted by atomic mass is 19.1. The molecule has 0 fully saturated rings. The molecule has 0 heterocycles. The Bertz CT molecular complexity index is 673. The highest BCUT2D eigenvalue weighted by molar-refractivity contribution is 5.90. The Balaban J connectivity index is 1.93. The summed E-state index contributed by atoms with van der Waals surface area (Å²) in [7, 11) is 0. The summed E-state index contributed by atoms with van der Waals surface area (Å²) in [5, 5.41) is 15.2. The largest absolute Gasteiger partial charge is 0.386 e. The molecule has 1 unspecified atom stereocenters. The molecule has 2 aromatic carbocycles. The maximum atomic E-state index is 13.5. The van der Waals surface area contributed by atoms with Crippen LogP contribution in [0.5, 0.6) is 0 Å². The van der Waals surface area contributed by atoms with Gasteiger partial charge in [0.25, 0.3) is 0 Å². The van der Waals surface area contributed by atoms with E-state index in [1.807, 2.05) is 26.0 Å². The van der Waals surface area contributed by atoms with Crippen LogP contribution in [0.3, 0.4) is 0 Å². The number of hydrogen-bond acceptors (Lipinski definition) is 2. The fourth-order valence-corrected chi connectivity index (χ4v) is 2.10. The van der Waals surface area contributed by atoms with Gasteiger partial charge >= 0.3 is 6.03 Å². The number of rotatable bonds is 4. The molecule has 5 heteroatoms. The van der Waals surface area contributed by atoms with Crippen molar-refractivity contribution in [1.29, 1.82) is 0 Å². The zero-order valence-electron chi connectivity index (χ0n) is 12.6. The lowest BCUT2D eigenvalue weighted by molar-refractivity contribution is 0.170. The van der Waals surface area contributed by atoms with Gasteiger partial charge in [0, 0.05) is 17.8 Å². The first kappa shape index (κ1) is 16.0. The van der Waals surface area contributed by atoms with Gasteiger partial charge in [-0.3, -0.25) is 0 Å². The van der Waals surface area contributed by atoms with Gasteiger partial charge in [-0.1, -0.05) is 30.3 Å². The molecule has 0 saturated heterocycles. The number of nitrogens with one attached hydrogen (secondary N) is 2. The van der Waals surface area contributed by atoms with E-state index in [1.54, 1.807) is 18.2 Å². The number of urea groups is 1. The summed E-state index contributed by atoms with van der Waals surface area (Å²) in [4.78, 5) is 11.9. The minimum absolute atomic E-state index is 0.0718. The molecule has 0 radical (unpaired) electrons. The number of aliphatic hydroxyl groups excluding tert-OH is 1. The van der Waals surface area contributed by atoms with E-state index in [1.165, 1.54) is 12.1 Å². The molecule has 116 valence electrons. The second kappa shape index (κ2) is 7.04. The van der Waals surface area contributed by atoms with E-state index >= 15 is 0 Å². The fourth-order valence-electron chi connectivity index (χ4n) is 2.10. The van der Waals surface area contributed by atoms with Crippen LogP contribution in [0.15, 0.2) is 42.5 Å². The second-order valence-corrected chi connectivity index (χ2v) is 5.12. The summed E-state index contributed by atoms with van der Waals surface area (Å²) in [5.41, 5.74) is 2.92. The van der Waals surface area contributed by atoms with Gasteiger partial charge < -0.3 is 15.7 Å². The van der Waals surface area contributed by atoms with Crippen LogP contribution in [-0.4, -0.2) is 17.7 Å². The molecular formula is C17H19FN2O2. The van der Waals surface area contributed by atoms with E-state index in [4.69, 9.17) is 0 Å². The third-order valence-electron chi connectivity index (χ3n) is 3.57. The zero-order chi connectivity index (χ0) is 16.1. The minimum atomic E-state index is -1.09. The molecule has 0 aromatic heterocycles. The zero-order valence-corrected chi connectivity index (χ0v) is 12.6. The van der Waals surface area contributed by atoms with E-state index < -0.39 is 18.0 Å². The summed E-state index contributed by atoms with van der Waals surface area (Å²) in [6, 6.07) is 11.1. The molecule has 0 spiro atoms.